The van der Waals surface area contributed by atoms with Crippen molar-refractivity contribution in [1.29, 1.82) is 0 Å². The number of aliphatic hydroxyl groups is 4. The standard InChI is InChI=1S/C15H17BrClNO6/c1-5-14(9-7(18-5)3-2-6(16)10(9)17)24-15-13(22)12(21)11(20)8(4-19)23-15/h2-3,8,11-13,15,18-22H,4H2,1H3/t8-,11-,12+,13-,15-/m1/s1. The van der Waals surface area contributed by atoms with E-state index in [1.807, 2.05) is 6.07 Å². The normalized spacial score (nSPS) is 30.7. The van der Waals surface area contributed by atoms with Crippen LogP contribution in [0.2, 0.25) is 5.02 Å². The SMILES string of the molecule is Cc1[nH]c2ccc(Br)c(Cl)c2c1O[C@H]1O[C@H](CO)[C@@H](O)[C@H](O)[C@H]1O. The highest BCUT2D eigenvalue weighted by atomic mass is 79.9. The fourth-order valence-electron chi connectivity index (χ4n) is 2.75. The van der Waals surface area contributed by atoms with Gasteiger partial charge < -0.3 is 34.9 Å². The third-order valence-corrected chi connectivity index (χ3v) is 5.35. The molecule has 0 bridgehead atoms. The first-order valence-electron chi connectivity index (χ1n) is 7.28. The zero-order valence-corrected chi connectivity index (χ0v) is 15.0. The molecule has 1 aromatic carbocycles. The van der Waals surface area contributed by atoms with Gasteiger partial charge in [0, 0.05) is 4.47 Å². The first-order chi connectivity index (χ1) is 11.3. The van der Waals surface area contributed by atoms with Gasteiger partial charge in [-0.3, -0.25) is 0 Å². The molecular formula is C15H17BrClNO6. The Labute approximate surface area is 150 Å². The van der Waals surface area contributed by atoms with Crippen LogP contribution in [0.15, 0.2) is 16.6 Å². The number of H-pyrrole nitrogens is 1. The maximum atomic E-state index is 10.1. The number of aryl methyl sites for hydroxylation is 1. The number of hydrogen-bond donors (Lipinski definition) is 5. The maximum absolute atomic E-state index is 10.1. The van der Waals surface area contributed by atoms with E-state index in [9.17, 15) is 20.4 Å². The van der Waals surface area contributed by atoms with E-state index in [1.54, 1.807) is 13.0 Å². The fraction of sp³-hybridized carbons (Fsp3) is 0.467. The summed E-state index contributed by atoms with van der Waals surface area (Å²) in [6.07, 6.45) is -6.74. The summed E-state index contributed by atoms with van der Waals surface area (Å²) in [5.74, 6) is 0.362. The number of halogens is 2. The van der Waals surface area contributed by atoms with Crippen LogP contribution in [0, 0.1) is 6.92 Å². The monoisotopic (exact) mass is 421 g/mol. The molecule has 24 heavy (non-hydrogen) atoms. The summed E-state index contributed by atoms with van der Waals surface area (Å²) in [6, 6.07) is 3.61. The maximum Gasteiger partial charge on any atom is 0.229 e. The Morgan fingerprint density at radius 1 is 1.25 bits per heavy atom. The Morgan fingerprint density at radius 3 is 2.62 bits per heavy atom. The second-order valence-electron chi connectivity index (χ2n) is 5.68. The Balaban J connectivity index is 1.97. The van der Waals surface area contributed by atoms with E-state index in [1.165, 1.54) is 0 Å². The number of aromatic nitrogens is 1. The summed E-state index contributed by atoms with van der Waals surface area (Å²) < 4.78 is 11.8. The smallest absolute Gasteiger partial charge is 0.229 e. The van der Waals surface area contributed by atoms with Gasteiger partial charge in [0.05, 0.1) is 28.2 Å². The van der Waals surface area contributed by atoms with Crippen LogP contribution in [0.25, 0.3) is 10.9 Å². The van der Waals surface area contributed by atoms with Crippen LogP contribution in [-0.2, 0) is 4.74 Å². The van der Waals surface area contributed by atoms with Crippen molar-refractivity contribution >= 4 is 38.4 Å². The molecule has 1 aliphatic rings. The van der Waals surface area contributed by atoms with Crippen molar-refractivity contribution in [3.05, 3.63) is 27.3 Å². The molecule has 1 aliphatic heterocycles. The fourth-order valence-corrected chi connectivity index (χ4v) is 3.33. The molecule has 1 saturated heterocycles. The summed E-state index contributed by atoms with van der Waals surface area (Å²) >= 11 is 9.67. The molecule has 7 nitrogen and oxygen atoms in total. The minimum atomic E-state index is -1.51. The molecule has 0 aliphatic carbocycles. The minimum absolute atomic E-state index is 0.362. The topological polar surface area (TPSA) is 115 Å². The third kappa shape index (κ3) is 2.92. The highest BCUT2D eigenvalue weighted by Crippen LogP contribution is 2.40. The molecule has 0 unspecified atom stereocenters. The van der Waals surface area contributed by atoms with Gasteiger partial charge in [0.25, 0.3) is 0 Å². The van der Waals surface area contributed by atoms with Crippen LogP contribution in [0.4, 0.5) is 0 Å². The van der Waals surface area contributed by atoms with Crippen LogP contribution in [0.5, 0.6) is 5.75 Å². The van der Waals surface area contributed by atoms with Gasteiger partial charge in [0.1, 0.15) is 24.4 Å². The molecule has 5 atom stereocenters. The Kier molecular flexibility index (Phi) is 5.08. The van der Waals surface area contributed by atoms with Gasteiger partial charge in [-0.25, -0.2) is 0 Å². The first kappa shape index (κ1) is 17.9. The molecule has 132 valence electrons. The Bertz CT molecular complexity index is 751. The number of nitrogens with one attached hydrogen (secondary N) is 1. The van der Waals surface area contributed by atoms with Gasteiger partial charge in [-0.15, -0.1) is 0 Å². The minimum Gasteiger partial charge on any atom is -0.459 e. The van der Waals surface area contributed by atoms with E-state index in [0.29, 0.717) is 26.3 Å². The summed E-state index contributed by atoms with van der Waals surface area (Å²) in [4.78, 5) is 3.12. The predicted molar refractivity (Wildman–Crippen MR) is 90.1 cm³/mol. The van der Waals surface area contributed by atoms with Crippen LogP contribution < -0.4 is 4.74 Å². The van der Waals surface area contributed by atoms with Crippen molar-refractivity contribution in [2.45, 2.75) is 37.6 Å². The number of benzene rings is 1. The van der Waals surface area contributed by atoms with Crippen LogP contribution in [-0.4, -0.2) is 62.7 Å². The van der Waals surface area contributed by atoms with Gasteiger partial charge in [0.15, 0.2) is 5.75 Å². The highest BCUT2D eigenvalue weighted by molar-refractivity contribution is 9.10. The Morgan fingerprint density at radius 2 is 1.96 bits per heavy atom. The molecule has 1 aromatic heterocycles. The molecule has 1 fully saturated rings. The molecule has 0 radical (unpaired) electrons. The van der Waals surface area contributed by atoms with Crippen molar-refractivity contribution in [2.24, 2.45) is 0 Å². The number of hydrogen-bond acceptors (Lipinski definition) is 6. The van der Waals surface area contributed by atoms with Crippen molar-refractivity contribution < 1.29 is 29.9 Å². The molecule has 9 heteroatoms. The number of aromatic amines is 1. The lowest BCUT2D eigenvalue weighted by atomic mass is 9.99. The third-order valence-electron chi connectivity index (χ3n) is 4.07. The second-order valence-corrected chi connectivity index (χ2v) is 6.91. The molecule has 3 rings (SSSR count). The molecule has 2 heterocycles. The molecule has 0 spiro atoms. The zero-order chi connectivity index (χ0) is 17.6. The molecule has 5 N–H and O–H groups in total. The van der Waals surface area contributed by atoms with Crippen molar-refractivity contribution in [2.75, 3.05) is 6.61 Å². The van der Waals surface area contributed by atoms with E-state index in [2.05, 4.69) is 20.9 Å². The quantitative estimate of drug-likeness (QED) is 0.505. The number of ether oxygens (including phenoxy) is 2. The highest BCUT2D eigenvalue weighted by Gasteiger charge is 2.45. The largest absolute Gasteiger partial charge is 0.459 e. The lowest BCUT2D eigenvalue weighted by Gasteiger charge is -2.39. The predicted octanol–water partition coefficient (Wildman–Crippen LogP) is 1.07. The number of rotatable bonds is 3. The van der Waals surface area contributed by atoms with E-state index < -0.39 is 37.3 Å². The number of aliphatic hydroxyl groups excluding tert-OH is 4. The van der Waals surface area contributed by atoms with E-state index in [0.717, 1.165) is 5.52 Å². The number of fused-ring (bicyclic) bond motifs is 1. The molecular weight excluding hydrogens is 406 g/mol. The summed E-state index contributed by atoms with van der Waals surface area (Å²) in [7, 11) is 0. The van der Waals surface area contributed by atoms with Crippen molar-refractivity contribution in [3.63, 3.8) is 0 Å². The summed E-state index contributed by atoms with van der Waals surface area (Å²) in [5, 5.41) is 40.1. The average Bonchev–Trinajstić information content (AvgIpc) is 2.88. The average molecular weight is 423 g/mol. The van der Waals surface area contributed by atoms with Crippen LogP contribution in [0.1, 0.15) is 5.69 Å². The lowest BCUT2D eigenvalue weighted by Crippen LogP contribution is -2.60. The van der Waals surface area contributed by atoms with Crippen LogP contribution in [0.3, 0.4) is 0 Å². The van der Waals surface area contributed by atoms with E-state index >= 15 is 0 Å². The van der Waals surface area contributed by atoms with E-state index in [-0.39, 0.29) is 0 Å². The van der Waals surface area contributed by atoms with Crippen molar-refractivity contribution in [1.82, 2.24) is 4.98 Å². The van der Waals surface area contributed by atoms with Crippen LogP contribution >= 0.6 is 27.5 Å². The van der Waals surface area contributed by atoms with Crippen molar-refractivity contribution in [3.8, 4) is 5.75 Å². The van der Waals surface area contributed by atoms with Gasteiger partial charge in [-0.05, 0) is 35.0 Å². The van der Waals surface area contributed by atoms with Gasteiger partial charge >= 0.3 is 0 Å². The summed E-state index contributed by atoms with van der Waals surface area (Å²) in [5.41, 5.74) is 1.39. The summed E-state index contributed by atoms with van der Waals surface area (Å²) in [6.45, 7) is 1.24. The molecule has 2 aromatic rings. The molecule has 0 amide bonds. The van der Waals surface area contributed by atoms with Gasteiger partial charge in [-0.2, -0.15) is 0 Å². The second kappa shape index (κ2) is 6.80. The zero-order valence-electron chi connectivity index (χ0n) is 12.6. The van der Waals surface area contributed by atoms with Gasteiger partial charge in [0.2, 0.25) is 6.29 Å². The van der Waals surface area contributed by atoms with Gasteiger partial charge in [-0.1, -0.05) is 11.6 Å². The first-order valence-corrected chi connectivity index (χ1v) is 8.45. The lowest BCUT2D eigenvalue weighted by molar-refractivity contribution is -0.277. The molecule has 0 saturated carbocycles. The van der Waals surface area contributed by atoms with E-state index in [4.69, 9.17) is 21.1 Å². The Hall–Kier alpha value is -0.870.